The molecule has 2 aromatic heterocycles. The fraction of sp³-hybridized carbons (Fsp3) is 0.400. The van der Waals surface area contributed by atoms with Gasteiger partial charge in [0.1, 0.15) is 5.69 Å². The van der Waals surface area contributed by atoms with Gasteiger partial charge in [-0.25, -0.2) is 4.98 Å². The lowest BCUT2D eigenvalue weighted by atomic mass is 10.2. The molecular formula is C20H24N4O5S. The number of ether oxygens (including phenoxy) is 4. The van der Waals surface area contributed by atoms with Crippen LogP contribution in [0.2, 0.25) is 0 Å². The molecule has 3 heterocycles. The molecule has 0 spiro atoms. The molecule has 30 heavy (non-hydrogen) atoms. The number of anilines is 1. The standard InChI is InChI=1S/C20H24N4O5S/c1-26-15-9-12-8-14(22-16(12)18(28-3)17(15)27-2)19(25)23-20-21-13(11-30-20)10-24-4-6-29-7-5-24/h8-9,11,22H,4-7,10H2,1-3H3,(H,21,23,25). The Morgan fingerprint density at radius 3 is 2.67 bits per heavy atom. The molecule has 0 radical (unpaired) electrons. The number of methoxy groups -OCH3 is 3. The fourth-order valence-corrected chi connectivity index (χ4v) is 4.15. The summed E-state index contributed by atoms with van der Waals surface area (Å²) in [7, 11) is 4.64. The maximum atomic E-state index is 12.8. The highest BCUT2D eigenvalue weighted by Gasteiger charge is 2.20. The predicted octanol–water partition coefficient (Wildman–Crippen LogP) is 2.73. The van der Waals surface area contributed by atoms with Crippen LogP contribution >= 0.6 is 11.3 Å². The number of thiazole rings is 1. The molecule has 10 heteroatoms. The van der Waals surface area contributed by atoms with Gasteiger partial charge in [-0.2, -0.15) is 0 Å². The Morgan fingerprint density at radius 1 is 1.20 bits per heavy atom. The van der Waals surface area contributed by atoms with Crippen LogP contribution in [0, 0.1) is 0 Å². The summed E-state index contributed by atoms with van der Waals surface area (Å²) in [6, 6.07) is 3.55. The summed E-state index contributed by atoms with van der Waals surface area (Å²) in [5, 5.41) is 6.17. The van der Waals surface area contributed by atoms with E-state index in [-0.39, 0.29) is 5.91 Å². The molecule has 9 nitrogen and oxygen atoms in total. The van der Waals surface area contributed by atoms with Gasteiger partial charge in [-0.3, -0.25) is 15.0 Å². The van der Waals surface area contributed by atoms with Crippen LogP contribution < -0.4 is 19.5 Å². The zero-order valence-electron chi connectivity index (χ0n) is 17.1. The Balaban J connectivity index is 1.52. The smallest absolute Gasteiger partial charge is 0.273 e. The van der Waals surface area contributed by atoms with Gasteiger partial charge in [0.05, 0.1) is 45.8 Å². The molecule has 0 bridgehead atoms. The number of nitrogens with zero attached hydrogens (tertiary/aromatic N) is 2. The summed E-state index contributed by atoms with van der Waals surface area (Å²) in [6.45, 7) is 4.02. The maximum Gasteiger partial charge on any atom is 0.273 e. The molecule has 160 valence electrons. The molecule has 4 rings (SSSR count). The number of H-pyrrole nitrogens is 1. The minimum absolute atomic E-state index is 0.279. The van der Waals surface area contributed by atoms with Crippen molar-refractivity contribution >= 4 is 33.3 Å². The van der Waals surface area contributed by atoms with E-state index in [4.69, 9.17) is 18.9 Å². The van der Waals surface area contributed by atoms with Crippen LogP contribution in [0.5, 0.6) is 17.2 Å². The van der Waals surface area contributed by atoms with E-state index in [2.05, 4.69) is 20.2 Å². The summed E-state index contributed by atoms with van der Waals surface area (Å²) in [4.78, 5) is 22.7. The molecule has 1 fully saturated rings. The van der Waals surface area contributed by atoms with E-state index in [0.717, 1.165) is 43.9 Å². The lowest BCUT2D eigenvalue weighted by Gasteiger charge is -2.25. The van der Waals surface area contributed by atoms with Gasteiger partial charge in [0.2, 0.25) is 5.75 Å². The van der Waals surface area contributed by atoms with Crippen LogP contribution in [0.1, 0.15) is 16.2 Å². The molecule has 0 atom stereocenters. The first-order valence-corrected chi connectivity index (χ1v) is 10.4. The largest absolute Gasteiger partial charge is 0.493 e. The van der Waals surface area contributed by atoms with Crippen molar-refractivity contribution in [3.05, 3.63) is 28.9 Å². The van der Waals surface area contributed by atoms with Crippen LogP contribution in [-0.2, 0) is 11.3 Å². The highest BCUT2D eigenvalue weighted by Crippen LogP contribution is 2.43. The van der Waals surface area contributed by atoms with Crippen molar-refractivity contribution in [2.24, 2.45) is 0 Å². The minimum Gasteiger partial charge on any atom is -0.493 e. The number of carbonyl (C=O) groups excluding carboxylic acids is 1. The molecule has 0 aliphatic carbocycles. The molecule has 1 aliphatic rings. The summed E-state index contributed by atoms with van der Waals surface area (Å²) in [5.74, 6) is 1.20. The normalized spacial score (nSPS) is 14.6. The molecule has 1 saturated heterocycles. The quantitative estimate of drug-likeness (QED) is 0.592. The van der Waals surface area contributed by atoms with Crippen molar-refractivity contribution in [1.82, 2.24) is 14.9 Å². The van der Waals surface area contributed by atoms with Crippen LogP contribution in [0.25, 0.3) is 10.9 Å². The van der Waals surface area contributed by atoms with E-state index in [0.29, 0.717) is 33.6 Å². The van der Waals surface area contributed by atoms with Gasteiger partial charge in [-0.05, 0) is 12.1 Å². The number of benzene rings is 1. The van der Waals surface area contributed by atoms with Gasteiger partial charge in [0.15, 0.2) is 16.6 Å². The van der Waals surface area contributed by atoms with Gasteiger partial charge in [0.25, 0.3) is 5.91 Å². The Bertz CT molecular complexity index is 1040. The number of hydrogen-bond acceptors (Lipinski definition) is 8. The number of fused-ring (bicyclic) bond motifs is 1. The van der Waals surface area contributed by atoms with Crippen molar-refractivity contribution in [1.29, 1.82) is 0 Å². The SMILES string of the molecule is COc1cc2cc(C(=O)Nc3nc(CN4CCOCC4)cs3)[nH]c2c(OC)c1OC. The van der Waals surface area contributed by atoms with Crippen LogP contribution in [0.4, 0.5) is 5.13 Å². The van der Waals surface area contributed by atoms with E-state index in [1.54, 1.807) is 33.5 Å². The molecule has 1 amide bonds. The average Bonchev–Trinajstić information content (AvgIpc) is 3.39. The number of amides is 1. The van der Waals surface area contributed by atoms with Crippen LogP contribution in [0.15, 0.2) is 17.5 Å². The van der Waals surface area contributed by atoms with Crippen molar-refractivity contribution < 1.29 is 23.7 Å². The lowest BCUT2D eigenvalue weighted by molar-refractivity contribution is 0.0337. The van der Waals surface area contributed by atoms with Crippen molar-refractivity contribution in [3.63, 3.8) is 0 Å². The summed E-state index contributed by atoms with van der Waals surface area (Å²) >= 11 is 1.41. The number of nitrogens with one attached hydrogen (secondary N) is 2. The third-order valence-electron chi connectivity index (χ3n) is 4.93. The maximum absolute atomic E-state index is 12.8. The monoisotopic (exact) mass is 432 g/mol. The highest BCUT2D eigenvalue weighted by molar-refractivity contribution is 7.13. The van der Waals surface area contributed by atoms with Gasteiger partial charge in [0, 0.05) is 30.4 Å². The fourth-order valence-electron chi connectivity index (χ4n) is 3.46. The van der Waals surface area contributed by atoms with E-state index < -0.39 is 0 Å². The summed E-state index contributed by atoms with van der Waals surface area (Å²) < 4.78 is 21.6. The summed E-state index contributed by atoms with van der Waals surface area (Å²) in [6.07, 6.45) is 0. The van der Waals surface area contributed by atoms with Crippen molar-refractivity contribution in [3.8, 4) is 17.2 Å². The van der Waals surface area contributed by atoms with Crippen molar-refractivity contribution in [2.75, 3.05) is 52.9 Å². The minimum atomic E-state index is -0.279. The van der Waals surface area contributed by atoms with Gasteiger partial charge in [-0.15, -0.1) is 11.3 Å². The van der Waals surface area contributed by atoms with Gasteiger partial charge < -0.3 is 23.9 Å². The number of carbonyl (C=O) groups is 1. The number of aromatic nitrogens is 2. The Hall–Kier alpha value is -2.82. The van der Waals surface area contributed by atoms with Gasteiger partial charge >= 0.3 is 0 Å². The van der Waals surface area contributed by atoms with E-state index in [9.17, 15) is 4.79 Å². The summed E-state index contributed by atoms with van der Waals surface area (Å²) in [5.41, 5.74) is 1.99. The molecule has 0 saturated carbocycles. The second kappa shape index (κ2) is 8.90. The number of morpholine rings is 1. The molecule has 3 aromatic rings. The Kier molecular flexibility index (Phi) is 6.07. The molecule has 1 aromatic carbocycles. The third-order valence-corrected chi connectivity index (χ3v) is 5.73. The topological polar surface area (TPSA) is 97.9 Å². The first-order chi connectivity index (χ1) is 14.6. The Labute approximate surface area is 177 Å². The lowest BCUT2D eigenvalue weighted by Crippen LogP contribution is -2.35. The average molecular weight is 433 g/mol. The third kappa shape index (κ3) is 4.07. The van der Waals surface area contributed by atoms with Crippen LogP contribution in [0.3, 0.4) is 0 Å². The Morgan fingerprint density at radius 2 is 1.97 bits per heavy atom. The van der Waals surface area contributed by atoms with E-state index in [1.165, 1.54) is 11.3 Å². The second-order valence-electron chi connectivity index (χ2n) is 6.78. The second-order valence-corrected chi connectivity index (χ2v) is 7.64. The van der Waals surface area contributed by atoms with E-state index in [1.807, 2.05) is 5.38 Å². The number of hydrogen-bond donors (Lipinski definition) is 2. The molecule has 2 N–H and O–H groups in total. The molecule has 0 unspecified atom stereocenters. The first-order valence-electron chi connectivity index (χ1n) is 9.50. The zero-order chi connectivity index (χ0) is 21.1. The van der Waals surface area contributed by atoms with E-state index >= 15 is 0 Å². The molecular weight excluding hydrogens is 408 g/mol. The van der Waals surface area contributed by atoms with Gasteiger partial charge in [-0.1, -0.05) is 0 Å². The molecule has 1 aliphatic heterocycles. The first kappa shape index (κ1) is 20.5. The zero-order valence-corrected chi connectivity index (χ0v) is 17.9. The number of rotatable bonds is 7. The number of aromatic amines is 1. The highest BCUT2D eigenvalue weighted by atomic mass is 32.1. The predicted molar refractivity (Wildman–Crippen MR) is 114 cm³/mol. The van der Waals surface area contributed by atoms with Crippen LogP contribution in [-0.4, -0.2) is 68.4 Å². The van der Waals surface area contributed by atoms with Crippen molar-refractivity contribution in [2.45, 2.75) is 6.54 Å².